The predicted molar refractivity (Wildman–Crippen MR) is 60.2 cm³/mol. The minimum absolute atomic E-state index is 0.0417. The predicted octanol–water partition coefficient (Wildman–Crippen LogP) is -2.48. The van der Waals surface area contributed by atoms with Crippen molar-refractivity contribution in [2.24, 2.45) is 5.73 Å². The normalized spacial score (nSPS) is 9.06. The quantitative estimate of drug-likeness (QED) is 0.147. The van der Waals surface area contributed by atoms with E-state index < -0.39 is 10.4 Å². The monoisotopic (exact) mass is 268 g/mol. The smallest absolute Gasteiger partial charge is 0.390 e. The van der Waals surface area contributed by atoms with E-state index in [1.54, 1.807) is 0 Å². The lowest BCUT2D eigenvalue weighted by atomic mass is 10.9. The summed E-state index contributed by atoms with van der Waals surface area (Å²) in [5.74, 6) is 0.125. The molecular weight excluding hydrogens is 256 g/mol. The summed E-state index contributed by atoms with van der Waals surface area (Å²) in [6.07, 6.45) is 0.750. The lowest BCUT2D eigenvalue weighted by Crippen LogP contribution is -2.05. The van der Waals surface area contributed by atoms with Crippen LogP contribution in [0, 0.1) is 5.41 Å². The van der Waals surface area contributed by atoms with Crippen LogP contribution in [-0.2, 0) is 10.4 Å². The molecule has 0 aliphatic rings. The lowest BCUT2D eigenvalue weighted by molar-refractivity contribution is 0.381. The van der Waals surface area contributed by atoms with E-state index in [-0.39, 0.29) is 17.8 Å². The van der Waals surface area contributed by atoms with Crippen LogP contribution in [0.15, 0.2) is 0 Å². The van der Waals surface area contributed by atoms with E-state index in [4.69, 9.17) is 40.1 Å². The van der Waals surface area contributed by atoms with Gasteiger partial charge in [-0.3, -0.25) is 14.5 Å². The summed E-state index contributed by atoms with van der Waals surface area (Å²) in [5.41, 5.74) is 19.8. The molecule has 0 saturated heterocycles. The Balaban J connectivity index is 0. The summed E-state index contributed by atoms with van der Waals surface area (Å²) in [6.45, 7) is 0. The number of anilines is 3. The molecule has 11 N–H and O–H groups in total. The van der Waals surface area contributed by atoms with Crippen LogP contribution >= 0.6 is 0 Å². The van der Waals surface area contributed by atoms with Gasteiger partial charge in [-0.15, -0.1) is 0 Å². The first-order valence-corrected chi connectivity index (χ1v) is 4.93. The van der Waals surface area contributed by atoms with Gasteiger partial charge in [-0.2, -0.15) is 23.4 Å². The van der Waals surface area contributed by atoms with Gasteiger partial charge < -0.3 is 22.9 Å². The average molecular weight is 268 g/mol. The third-order valence-electron chi connectivity index (χ3n) is 0.687. The summed E-state index contributed by atoms with van der Waals surface area (Å²) in [7, 11) is -4.67. The molecule has 1 aromatic rings. The van der Waals surface area contributed by atoms with Gasteiger partial charge in [-0.1, -0.05) is 0 Å². The molecule has 1 heterocycles. The number of nitrogen functional groups attached to an aromatic ring is 3. The summed E-state index contributed by atoms with van der Waals surface area (Å²) >= 11 is 0. The number of hydrogen-bond donors (Lipinski definition) is 7. The molecule has 0 radical (unpaired) electrons. The number of rotatable bonds is 0. The maximum absolute atomic E-state index is 8.74. The molecule has 0 bridgehead atoms. The zero-order valence-corrected chi connectivity index (χ0v) is 9.16. The third kappa shape index (κ3) is 20.0. The van der Waals surface area contributed by atoms with Crippen molar-refractivity contribution in [3.63, 3.8) is 0 Å². The summed E-state index contributed by atoms with van der Waals surface area (Å²) in [5, 5.41) is 5.86. The molecule has 0 saturated carbocycles. The fraction of sp³-hybridized carbons (Fsp3) is 0. The molecule has 17 heavy (non-hydrogen) atoms. The summed E-state index contributed by atoms with van der Waals surface area (Å²) in [4.78, 5) is 10.5. The maximum atomic E-state index is 8.74. The van der Waals surface area contributed by atoms with E-state index >= 15 is 0 Å². The van der Waals surface area contributed by atoms with Gasteiger partial charge in [0.2, 0.25) is 17.8 Å². The van der Waals surface area contributed by atoms with Crippen molar-refractivity contribution in [3.8, 4) is 0 Å². The fourth-order valence-corrected chi connectivity index (χ4v) is 0.427. The Bertz CT molecular complexity index is 388. The van der Waals surface area contributed by atoms with E-state index in [0.29, 0.717) is 0 Å². The largest absolute Gasteiger partial charge is 0.394 e. The number of aromatic nitrogens is 3. The van der Waals surface area contributed by atoms with Gasteiger partial charge in [0.1, 0.15) is 0 Å². The standard InChI is InChI=1S/C3H6N6.CH4N2.H2O4S/c4-1-7-2(5)9-3(6)8-1;2-1-3;1-5(2,3)4/h(H6,4,5,6,7,8,9);1H,(H3,2,3);(H2,1,2,3,4). The highest BCUT2D eigenvalue weighted by atomic mass is 32.3. The molecule has 1 rings (SSSR count). The third-order valence-corrected chi connectivity index (χ3v) is 0.687. The molecule has 0 unspecified atom stereocenters. The Morgan fingerprint density at radius 2 is 1.12 bits per heavy atom. The van der Waals surface area contributed by atoms with Crippen molar-refractivity contribution in [2.45, 2.75) is 0 Å². The number of nitrogens with one attached hydrogen (secondary N) is 1. The number of hydrogen-bond acceptors (Lipinski definition) is 9. The molecule has 0 aliphatic carbocycles. The molecule has 0 aliphatic heterocycles. The highest BCUT2D eigenvalue weighted by Crippen LogP contribution is 1.97. The van der Waals surface area contributed by atoms with Gasteiger partial charge in [-0.05, 0) is 0 Å². The Morgan fingerprint density at radius 1 is 1.00 bits per heavy atom. The van der Waals surface area contributed by atoms with Gasteiger partial charge in [-0.25, -0.2) is 0 Å². The molecule has 0 spiro atoms. The highest BCUT2D eigenvalue weighted by molar-refractivity contribution is 7.79. The number of nitrogens with two attached hydrogens (primary N) is 4. The van der Waals surface area contributed by atoms with Crippen molar-refractivity contribution < 1.29 is 17.5 Å². The van der Waals surface area contributed by atoms with Crippen molar-refractivity contribution in [2.75, 3.05) is 17.2 Å². The van der Waals surface area contributed by atoms with Crippen LogP contribution in [0.25, 0.3) is 0 Å². The number of nitrogens with zero attached hydrogens (tertiary/aromatic N) is 3. The minimum atomic E-state index is -4.67. The molecule has 0 atom stereocenters. The first kappa shape index (κ1) is 17.2. The van der Waals surface area contributed by atoms with Crippen LogP contribution < -0.4 is 22.9 Å². The van der Waals surface area contributed by atoms with E-state index in [1.165, 1.54) is 0 Å². The Morgan fingerprint density at radius 3 is 1.24 bits per heavy atom. The van der Waals surface area contributed by atoms with Crippen molar-refractivity contribution >= 4 is 34.6 Å². The van der Waals surface area contributed by atoms with E-state index in [9.17, 15) is 0 Å². The van der Waals surface area contributed by atoms with Crippen LogP contribution in [0.2, 0.25) is 0 Å². The molecule has 0 fully saturated rings. The molecule has 13 heteroatoms. The van der Waals surface area contributed by atoms with Gasteiger partial charge in [0, 0.05) is 0 Å². The molecular formula is C4H12N8O4S. The van der Waals surface area contributed by atoms with E-state index in [0.717, 1.165) is 6.34 Å². The average Bonchev–Trinajstić information content (AvgIpc) is 1.97. The van der Waals surface area contributed by atoms with E-state index in [2.05, 4.69) is 20.7 Å². The maximum Gasteiger partial charge on any atom is 0.394 e. The topological polar surface area (TPSA) is 241 Å². The second-order valence-electron chi connectivity index (χ2n) is 2.02. The highest BCUT2D eigenvalue weighted by Gasteiger charge is 1.93. The molecule has 12 nitrogen and oxygen atoms in total. The van der Waals surface area contributed by atoms with Crippen molar-refractivity contribution in [1.29, 1.82) is 5.41 Å². The zero-order chi connectivity index (χ0) is 14.1. The van der Waals surface area contributed by atoms with Gasteiger partial charge >= 0.3 is 10.4 Å². The molecule has 1 aromatic heterocycles. The van der Waals surface area contributed by atoms with Crippen LogP contribution in [0.5, 0.6) is 0 Å². The first-order valence-electron chi connectivity index (χ1n) is 3.53. The Kier molecular flexibility index (Phi) is 8.04. The van der Waals surface area contributed by atoms with E-state index in [1.807, 2.05) is 0 Å². The fourth-order valence-electron chi connectivity index (χ4n) is 0.427. The van der Waals surface area contributed by atoms with Gasteiger partial charge in [0.15, 0.2) is 0 Å². The second-order valence-corrected chi connectivity index (χ2v) is 2.92. The van der Waals surface area contributed by atoms with Gasteiger partial charge in [0.25, 0.3) is 0 Å². The SMILES string of the molecule is N=CN.Nc1nc(N)nc(N)n1.O=S(=O)(O)O. The second kappa shape index (κ2) is 7.97. The van der Waals surface area contributed by atoms with Crippen LogP contribution in [0.4, 0.5) is 17.8 Å². The lowest BCUT2D eigenvalue weighted by Gasteiger charge is -1.93. The first-order chi connectivity index (χ1) is 7.60. The molecule has 98 valence electrons. The molecule has 0 amide bonds. The van der Waals surface area contributed by atoms with Crippen LogP contribution in [-0.4, -0.2) is 38.8 Å². The summed E-state index contributed by atoms with van der Waals surface area (Å²) < 4.78 is 31.6. The van der Waals surface area contributed by atoms with Crippen LogP contribution in [0.3, 0.4) is 0 Å². The Labute approximate surface area is 96.1 Å². The summed E-state index contributed by atoms with van der Waals surface area (Å²) in [6, 6.07) is 0. The zero-order valence-electron chi connectivity index (χ0n) is 8.35. The van der Waals surface area contributed by atoms with Crippen molar-refractivity contribution in [3.05, 3.63) is 0 Å². The van der Waals surface area contributed by atoms with Crippen LogP contribution in [0.1, 0.15) is 0 Å². The minimum Gasteiger partial charge on any atom is -0.390 e. The van der Waals surface area contributed by atoms with Gasteiger partial charge in [0.05, 0.1) is 6.34 Å². The molecule has 0 aromatic carbocycles. The van der Waals surface area contributed by atoms with Crippen molar-refractivity contribution in [1.82, 2.24) is 15.0 Å². The Hall–Kier alpha value is -2.25.